The summed E-state index contributed by atoms with van der Waals surface area (Å²) in [5.74, 6) is 0.980. The number of hydrogen-bond acceptors (Lipinski definition) is 4. The summed E-state index contributed by atoms with van der Waals surface area (Å²) in [6.45, 7) is 2.96. The highest BCUT2D eigenvalue weighted by atomic mass is 35.5. The van der Waals surface area contributed by atoms with E-state index in [-0.39, 0.29) is 5.91 Å². The van der Waals surface area contributed by atoms with Gasteiger partial charge in [0.1, 0.15) is 0 Å². The van der Waals surface area contributed by atoms with Crippen molar-refractivity contribution in [3.63, 3.8) is 0 Å². The third kappa shape index (κ3) is 4.76. The number of methoxy groups -OCH3 is 1. The quantitative estimate of drug-likeness (QED) is 0.679. The van der Waals surface area contributed by atoms with E-state index in [1.54, 1.807) is 48.6 Å². The predicted molar refractivity (Wildman–Crippen MR) is 99.0 cm³/mol. The van der Waals surface area contributed by atoms with E-state index in [1.807, 2.05) is 23.8 Å². The van der Waals surface area contributed by atoms with Gasteiger partial charge in [0.2, 0.25) is 5.91 Å². The number of rotatable bonds is 7. The predicted octanol–water partition coefficient (Wildman–Crippen LogP) is 4.48. The SMILES string of the molecule is CCOc1c(Cl)cc(/C=C/C(=O)N(C)Cc2ccsc2)cc1OC. The van der Waals surface area contributed by atoms with E-state index < -0.39 is 0 Å². The van der Waals surface area contributed by atoms with E-state index in [0.717, 1.165) is 11.1 Å². The van der Waals surface area contributed by atoms with Crippen LogP contribution in [0, 0.1) is 0 Å². The molecule has 6 heteroatoms. The van der Waals surface area contributed by atoms with Gasteiger partial charge in [-0.25, -0.2) is 0 Å². The van der Waals surface area contributed by atoms with Gasteiger partial charge < -0.3 is 14.4 Å². The summed E-state index contributed by atoms with van der Waals surface area (Å²) in [6.07, 6.45) is 3.24. The highest BCUT2D eigenvalue weighted by Gasteiger charge is 2.11. The molecule has 0 aliphatic heterocycles. The van der Waals surface area contributed by atoms with Crippen LogP contribution in [0.15, 0.2) is 35.0 Å². The molecule has 0 atom stereocenters. The molecule has 2 aromatic rings. The number of thiophene rings is 1. The fourth-order valence-electron chi connectivity index (χ4n) is 2.15. The molecular formula is C18H20ClNO3S. The second-order valence-electron chi connectivity index (χ2n) is 5.13. The van der Waals surface area contributed by atoms with Crippen molar-refractivity contribution >= 4 is 34.9 Å². The van der Waals surface area contributed by atoms with Crippen LogP contribution in [0.4, 0.5) is 0 Å². The molecule has 1 aromatic carbocycles. The highest BCUT2D eigenvalue weighted by Crippen LogP contribution is 2.36. The lowest BCUT2D eigenvalue weighted by atomic mass is 10.2. The summed E-state index contributed by atoms with van der Waals surface area (Å²) in [5.41, 5.74) is 1.90. The first-order valence-corrected chi connectivity index (χ1v) is 8.81. The molecule has 0 bridgehead atoms. The summed E-state index contributed by atoms with van der Waals surface area (Å²) in [4.78, 5) is 13.9. The standard InChI is InChI=1S/C18H20ClNO3S/c1-4-23-18-15(19)9-13(10-16(18)22-3)5-6-17(21)20(2)11-14-7-8-24-12-14/h5-10,12H,4,11H2,1-3H3/b6-5+. The van der Waals surface area contributed by atoms with Crippen molar-refractivity contribution in [2.75, 3.05) is 20.8 Å². The molecule has 24 heavy (non-hydrogen) atoms. The molecule has 4 nitrogen and oxygen atoms in total. The van der Waals surface area contributed by atoms with Gasteiger partial charge in [-0.2, -0.15) is 11.3 Å². The second kappa shape index (κ2) is 8.76. The lowest BCUT2D eigenvalue weighted by Gasteiger charge is -2.14. The molecule has 128 valence electrons. The van der Waals surface area contributed by atoms with Crippen LogP contribution in [0.3, 0.4) is 0 Å². The monoisotopic (exact) mass is 365 g/mol. The summed E-state index contributed by atoms with van der Waals surface area (Å²) < 4.78 is 10.8. The van der Waals surface area contributed by atoms with Gasteiger partial charge in [0.05, 0.1) is 18.7 Å². The van der Waals surface area contributed by atoms with Gasteiger partial charge in [0.25, 0.3) is 0 Å². The zero-order valence-electron chi connectivity index (χ0n) is 13.9. The van der Waals surface area contributed by atoms with Crippen LogP contribution in [-0.2, 0) is 11.3 Å². The van der Waals surface area contributed by atoms with Gasteiger partial charge in [0, 0.05) is 19.7 Å². The third-order valence-corrected chi connectivity index (χ3v) is 4.35. The van der Waals surface area contributed by atoms with E-state index in [2.05, 4.69) is 0 Å². The van der Waals surface area contributed by atoms with Crippen LogP contribution in [0.2, 0.25) is 5.02 Å². The average molecular weight is 366 g/mol. The van der Waals surface area contributed by atoms with Crippen LogP contribution in [0.25, 0.3) is 6.08 Å². The normalized spacial score (nSPS) is 10.8. The van der Waals surface area contributed by atoms with E-state index in [0.29, 0.717) is 29.7 Å². The Morgan fingerprint density at radius 2 is 2.21 bits per heavy atom. The van der Waals surface area contributed by atoms with Crippen molar-refractivity contribution in [1.82, 2.24) is 4.90 Å². The van der Waals surface area contributed by atoms with Gasteiger partial charge in [-0.1, -0.05) is 11.6 Å². The first kappa shape index (κ1) is 18.4. The highest BCUT2D eigenvalue weighted by molar-refractivity contribution is 7.07. The number of carbonyl (C=O) groups is 1. The topological polar surface area (TPSA) is 38.8 Å². The number of ether oxygens (including phenoxy) is 2. The number of likely N-dealkylation sites (N-methyl/N-ethyl adjacent to an activating group) is 1. The Bertz CT molecular complexity index is 713. The zero-order chi connectivity index (χ0) is 17.5. The van der Waals surface area contributed by atoms with Crippen molar-refractivity contribution in [3.8, 4) is 11.5 Å². The molecule has 1 amide bonds. The smallest absolute Gasteiger partial charge is 0.246 e. The Morgan fingerprint density at radius 3 is 2.83 bits per heavy atom. The van der Waals surface area contributed by atoms with E-state index >= 15 is 0 Å². The van der Waals surface area contributed by atoms with Gasteiger partial charge in [0.15, 0.2) is 11.5 Å². The number of amides is 1. The Balaban J connectivity index is 2.10. The first-order valence-electron chi connectivity index (χ1n) is 7.49. The summed E-state index contributed by atoms with van der Waals surface area (Å²) in [7, 11) is 3.33. The average Bonchev–Trinajstić information content (AvgIpc) is 3.07. The minimum Gasteiger partial charge on any atom is -0.493 e. The number of nitrogens with zero attached hydrogens (tertiary/aromatic N) is 1. The molecule has 0 saturated heterocycles. The van der Waals surface area contributed by atoms with E-state index in [1.165, 1.54) is 6.08 Å². The number of carbonyl (C=O) groups excluding carboxylic acids is 1. The maximum atomic E-state index is 12.2. The Labute approximate surface area is 151 Å². The zero-order valence-corrected chi connectivity index (χ0v) is 15.5. The van der Waals surface area contributed by atoms with Crippen molar-refractivity contribution in [2.24, 2.45) is 0 Å². The molecule has 1 aromatic heterocycles. The summed E-state index contributed by atoms with van der Waals surface area (Å²) in [5, 5.41) is 4.48. The van der Waals surface area contributed by atoms with Crippen molar-refractivity contribution in [1.29, 1.82) is 0 Å². The molecule has 0 fully saturated rings. The van der Waals surface area contributed by atoms with Crippen molar-refractivity contribution < 1.29 is 14.3 Å². The second-order valence-corrected chi connectivity index (χ2v) is 6.31. The van der Waals surface area contributed by atoms with E-state index in [9.17, 15) is 4.79 Å². The summed E-state index contributed by atoms with van der Waals surface area (Å²) in [6, 6.07) is 5.55. The molecule has 0 N–H and O–H groups in total. The Kier molecular flexibility index (Phi) is 6.70. The lowest BCUT2D eigenvalue weighted by Crippen LogP contribution is -2.23. The van der Waals surface area contributed by atoms with Crippen LogP contribution in [-0.4, -0.2) is 31.6 Å². The third-order valence-electron chi connectivity index (χ3n) is 3.33. The molecule has 0 radical (unpaired) electrons. The van der Waals surface area contributed by atoms with E-state index in [4.69, 9.17) is 21.1 Å². The van der Waals surface area contributed by atoms with Crippen molar-refractivity contribution in [2.45, 2.75) is 13.5 Å². The first-order chi connectivity index (χ1) is 11.5. The van der Waals surface area contributed by atoms with Crippen LogP contribution >= 0.6 is 22.9 Å². The van der Waals surface area contributed by atoms with Gasteiger partial charge in [-0.15, -0.1) is 0 Å². The molecule has 0 aliphatic rings. The fourth-order valence-corrected chi connectivity index (χ4v) is 3.08. The molecule has 2 rings (SSSR count). The lowest BCUT2D eigenvalue weighted by molar-refractivity contribution is -0.125. The largest absolute Gasteiger partial charge is 0.493 e. The summed E-state index contributed by atoms with van der Waals surface area (Å²) >= 11 is 7.85. The van der Waals surface area contributed by atoms with Crippen LogP contribution in [0.5, 0.6) is 11.5 Å². The minimum atomic E-state index is -0.0785. The van der Waals surface area contributed by atoms with Crippen LogP contribution in [0.1, 0.15) is 18.1 Å². The molecule has 1 heterocycles. The Morgan fingerprint density at radius 1 is 1.42 bits per heavy atom. The fraction of sp³-hybridized carbons (Fsp3) is 0.278. The Hall–Kier alpha value is -1.98. The molecule has 0 aliphatic carbocycles. The molecular weight excluding hydrogens is 346 g/mol. The maximum Gasteiger partial charge on any atom is 0.246 e. The maximum absolute atomic E-state index is 12.2. The number of halogens is 1. The van der Waals surface area contributed by atoms with Gasteiger partial charge >= 0.3 is 0 Å². The molecule has 0 spiro atoms. The van der Waals surface area contributed by atoms with Crippen LogP contribution < -0.4 is 9.47 Å². The van der Waals surface area contributed by atoms with Gasteiger partial charge in [-0.05, 0) is 53.1 Å². The number of benzene rings is 1. The minimum absolute atomic E-state index is 0.0785. The van der Waals surface area contributed by atoms with Crippen molar-refractivity contribution in [3.05, 3.63) is 51.2 Å². The van der Waals surface area contributed by atoms with Gasteiger partial charge in [-0.3, -0.25) is 4.79 Å². The molecule has 0 saturated carbocycles. The number of hydrogen-bond donors (Lipinski definition) is 0. The molecule has 0 unspecified atom stereocenters.